The fraction of sp³-hybridized carbons (Fsp3) is 0.222. The van der Waals surface area contributed by atoms with E-state index in [1.165, 1.54) is 16.7 Å². The number of aryl methyl sites for hydroxylation is 1. The third-order valence-corrected chi connectivity index (χ3v) is 3.91. The minimum atomic E-state index is 0.177. The van der Waals surface area contributed by atoms with Gasteiger partial charge in [0.15, 0.2) is 0 Å². The van der Waals surface area contributed by atoms with Crippen LogP contribution in [0.2, 0.25) is 0 Å². The number of benzene rings is 2. The predicted molar refractivity (Wildman–Crippen MR) is 87.8 cm³/mol. The lowest BCUT2D eigenvalue weighted by Gasteiger charge is -2.23. The van der Waals surface area contributed by atoms with Gasteiger partial charge in [0.05, 0.1) is 5.71 Å². The van der Waals surface area contributed by atoms with Crippen molar-refractivity contribution in [3.63, 3.8) is 0 Å². The Morgan fingerprint density at radius 2 is 1.71 bits per heavy atom. The Morgan fingerprint density at radius 1 is 1.00 bits per heavy atom. The molecule has 0 fully saturated rings. The minimum Gasteiger partial charge on any atom is -0.386 e. The Labute approximate surface area is 125 Å². The summed E-state index contributed by atoms with van der Waals surface area (Å²) in [5.41, 5.74) is 10.7. The average Bonchev–Trinajstić information content (AvgIpc) is 2.55. The zero-order chi connectivity index (χ0) is 14.7. The van der Waals surface area contributed by atoms with Crippen LogP contribution in [-0.4, -0.2) is 11.5 Å². The predicted octanol–water partition coefficient (Wildman–Crippen LogP) is 3.50. The molecule has 2 aromatic rings. The number of hydrogen-bond acceptors (Lipinski definition) is 3. The van der Waals surface area contributed by atoms with E-state index in [0.29, 0.717) is 5.84 Å². The maximum Gasteiger partial charge on any atom is 0.123 e. The van der Waals surface area contributed by atoms with Gasteiger partial charge in [0, 0.05) is 17.9 Å². The van der Waals surface area contributed by atoms with Crippen LogP contribution in [0.5, 0.6) is 0 Å². The first-order valence-electron chi connectivity index (χ1n) is 7.32. The van der Waals surface area contributed by atoms with Crippen molar-refractivity contribution in [3.8, 4) is 0 Å². The summed E-state index contributed by atoms with van der Waals surface area (Å²) < 4.78 is 0. The highest BCUT2D eigenvalue weighted by molar-refractivity contribution is 6.09. The van der Waals surface area contributed by atoms with Gasteiger partial charge in [-0.15, -0.1) is 5.10 Å². The van der Waals surface area contributed by atoms with Crippen molar-refractivity contribution >= 4 is 11.5 Å². The topological polar surface area (TPSA) is 50.7 Å². The fourth-order valence-electron chi connectivity index (χ4n) is 2.82. The molecule has 0 saturated heterocycles. The Morgan fingerprint density at radius 3 is 2.48 bits per heavy atom. The highest BCUT2D eigenvalue weighted by Gasteiger charge is 2.25. The van der Waals surface area contributed by atoms with Crippen molar-refractivity contribution in [1.29, 1.82) is 0 Å². The molecule has 0 spiro atoms. The molecule has 21 heavy (non-hydrogen) atoms. The first-order chi connectivity index (χ1) is 10.3. The van der Waals surface area contributed by atoms with E-state index in [1.807, 2.05) is 6.07 Å². The summed E-state index contributed by atoms with van der Waals surface area (Å²) in [6.45, 7) is 2.16. The largest absolute Gasteiger partial charge is 0.386 e. The number of amidine groups is 1. The van der Waals surface area contributed by atoms with E-state index in [4.69, 9.17) is 5.73 Å². The fourth-order valence-corrected chi connectivity index (χ4v) is 2.82. The van der Waals surface area contributed by atoms with Gasteiger partial charge >= 0.3 is 0 Å². The van der Waals surface area contributed by atoms with Crippen LogP contribution in [0.4, 0.5) is 0 Å². The molecule has 1 aliphatic heterocycles. The molecule has 2 aromatic carbocycles. The maximum atomic E-state index is 5.92. The van der Waals surface area contributed by atoms with Crippen molar-refractivity contribution in [2.45, 2.75) is 25.7 Å². The summed E-state index contributed by atoms with van der Waals surface area (Å²) in [6, 6.07) is 18.8. The highest BCUT2D eigenvalue weighted by Crippen LogP contribution is 2.29. The van der Waals surface area contributed by atoms with Gasteiger partial charge in [-0.05, 0) is 17.5 Å². The summed E-state index contributed by atoms with van der Waals surface area (Å²) >= 11 is 0. The second-order valence-electron chi connectivity index (χ2n) is 5.25. The Hall–Kier alpha value is -2.42. The van der Waals surface area contributed by atoms with E-state index in [2.05, 4.69) is 65.7 Å². The molecule has 1 unspecified atom stereocenters. The van der Waals surface area contributed by atoms with Gasteiger partial charge in [-0.2, -0.15) is 5.10 Å². The molecule has 3 heteroatoms. The number of rotatable bonds is 3. The lowest BCUT2D eigenvalue weighted by Crippen LogP contribution is -2.26. The van der Waals surface area contributed by atoms with Crippen LogP contribution in [0.1, 0.15) is 36.0 Å². The molecule has 3 nitrogen and oxygen atoms in total. The molecule has 1 aliphatic rings. The molecule has 0 aromatic heterocycles. The molecule has 0 bridgehead atoms. The maximum absolute atomic E-state index is 5.92. The zero-order valence-corrected chi connectivity index (χ0v) is 12.2. The summed E-state index contributed by atoms with van der Waals surface area (Å²) in [6.07, 6.45) is 1.71. The highest BCUT2D eigenvalue weighted by atomic mass is 15.2. The quantitative estimate of drug-likeness (QED) is 0.917. The summed E-state index contributed by atoms with van der Waals surface area (Å²) in [5.74, 6) is 0.776. The van der Waals surface area contributed by atoms with Crippen LogP contribution in [0, 0.1) is 0 Å². The van der Waals surface area contributed by atoms with Crippen LogP contribution in [0.25, 0.3) is 0 Å². The molecule has 2 N–H and O–H groups in total. The molecule has 3 rings (SSSR count). The molecule has 0 aliphatic carbocycles. The number of nitrogens with zero attached hydrogens (tertiary/aromatic N) is 2. The molecule has 0 radical (unpaired) electrons. The van der Waals surface area contributed by atoms with Gasteiger partial charge in [-0.1, -0.05) is 61.5 Å². The minimum absolute atomic E-state index is 0.177. The van der Waals surface area contributed by atoms with Gasteiger partial charge in [0.1, 0.15) is 5.84 Å². The van der Waals surface area contributed by atoms with Gasteiger partial charge < -0.3 is 5.73 Å². The second kappa shape index (κ2) is 5.92. The third-order valence-electron chi connectivity index (χ3n) is 3.91. The normalized spacial score (nSPS) is 18.0. The summed E-state index contributed by atoms with van der Waals surface area (Å²) in [5, 5.41) is 8.55. The van der Waals surface area contributed by atoms with E-state index in [9.17, 15) is 0 Å². The lowest BCUT2D eigenvalue weighted by molar-refractivity contribution is 0.884. The van der Waals surface area contributed by atoms with Crippen molar-refractivity contribution < 1.29 is 0 Å². The first kappa shape index (κ1) is 13.6. The van der Waals surface area contributed by atoms with E-state index in [1.54, 1.807) is 0 Å². The first-order valence-corrected chi connectivity index (χ1v) is 7.32. The Balaban J connectivity index is 2.09. The molecule has 0 amide bonds. The molecular weight excluding hydrogens is 258 g/mol. The molecule has 1 heterocycles. The molecule has 1 atom stereocenters. The van der Waals surface area contributed by atoms with Gasteiger partial charge in [-0.25, -0.2) is 0 Å². The lowest BCUT2D eigenvalue weighted by atomic mass is 9.84. The van der Waals surface area contributed by atoms with Gasteiger partial charge in [0.2, 0.25) is 0 Å². The monoisotopic (exact) mass is 277 g/mol. The van der Waals surface area contributed by atoms with E-state index >= 15 is 0 Å². The SMILES string of the molecule is CCc1ccccc1C1=NN=C(N)CC1c1ccccc1. The third kappa shape index (κ3) is 2.72. The van der Waals surface area contributed by atoms with E-state index < -0.39 is 0 Å². The average molecular weight is 277 g/mol. The van der Waals surface area contributed by atoms with Crippen LogP contribution in [-0.2, 0) is 6.42 Å². The van der Waals surface area contributed by atoms with Gasteiger partial charge in [0.25, 0.3) is 0 Å². The zero-order valence-electron chi connectivity index (χ0n) is 12.2. The van der Waals surface area contributed by atoms with Crippen molar-refractivity contribution in [2.24, 2.45) is 15.9 Å². The smallest absolute Gasteiger partial charge is 0.123 e. The van der Waals surface area contributed by atoms with E-state index in [-0.39, 0.29) is 5.92 Å². The Bertz CT molecular complexity index is 687. The summed E-state index contributed by atoms with van der Waals surface area (Å²) in [7, 11) is 0. The van der Waals surface area contributed by atoms with Crippen LogP contribution in [0.3, 0.4) is 0 Å². The van der Waals surface area contributed by atoms with Crippen molar-refractivity contribution in [1.82, 2.24) is 0 Å². The molecule has 0 saturated carbocycles. The van der Waals surface area contributed by atoms with Crippen LogP contribution >= 0.6 is 0 Å². The Kier molecular flexibility index (Phi) is 3.82. The molecular formula is C18H19N3. The molecule has 106 valence electrons. The van der Waals surface area contributed by atoms with Crippen molar-refractivity contribution in [2.75, 3.05) is 0 Å². The standard InChI is InChI=1S/C18H19N3/c1-2-13-8-6-7-11-15(13)18-16(12-17(19)20-21-18)14-9-4-3-5-10-14/h3-11,16H,2,12H2,1H3,(H2,19,20). The van der Waals surface area contributed by atoms with Crippen LogP contribution < -0.4 is 5.73 Å². The second-order valence-corrected chi connectivity index (χ2v) is 5.25. The number of nitrogens with two attached hydrogens (primary N) is 1. The van der Waals surface area contributed by atoms with Gasteiger partial charge in [-0.3, -0.25) is 0 Å². The van der Waals surface area contributed by atoms with Crippen molar-refractivity contribution in [3.05, 3.63) is 71.3 Å². The van der Waals surface area contributed by atoms with E-state index in [0.717, 1.165) is 18.6 Å². The number of hydrogen-bond donors (Lipinski definition) is 1. The van der Waals surface area contributed by atoms with Crippen LogP contribution in [0.15, 0.2) is 64.8 Å². The summed E-state index contributed by atoms with van der Waals surface area (Å²) in [4.78, 5) is 0.